The summed E-state index contributed by atoms with van der Waals surface area (Å²) in [6.45, 7) is 1.01. The zero-order valence-electron chi connectivity index (χ0n) is 15.9. The van der Waals surface area contributed by atoms with E-state index in [-0.39, 0.29) is 23.2 Å². The van der Waals surface area contributed by atoms with Crippen LogP contribution in [0.1, 0.15) is 29.9 Å². The summed E-state index contributed by atoms with van der Waals surface area (Å²) in [5.41, 5.74) is 5.82. The van der Waals surface area contributed by atoms with Gasteiger partial charge in [-0.15, -0.1) is 0 Å². The number of carbonyl (C=O) groups excluding carboxylic acids is 2. The standard InChI is InChI=1S/C20H19ClN6O3/c21-12-3-1-10(2-4-12)14-13(9-22)18(29)24-17-15(14)19(30)26-20(25-17)27-7-5-11(6-8-27)16(23)28/h1-4,11,13-14H,5-8H2,(H2,23,28)(H2,24,25,26,29,30). The van der Waals surface area contributed by atoms with Crippen molar-refractivity contribution in [2.24, 2.45) is 17.6 Å². The van der Waals surface area contributed by atoms with Crippen LogP contribution in [0.4, 0.5) is 11.8 Å². The summed E-state index contributed by atoms with van der Waals surface area (Å²) >= 11 is 5.96. The van der Waals surface area contributed by atoms with Crippen molar-refractivity contribution in [3.63, 3.8) is 0 Å². The first-order chi connectivity index (χ1) is 14.4. The predicted octanol–water partition coefficient (Wildman–Crippen LogP) is 1.35. The molecule has 9 nitrogen and oxygen atoms in total. The maximum Gasteiger partial charge on any atom is 0.258 e. The molecule has 1 aromatic carbocycles. The smallest absolute Gasteiger partial charge is 0.258 e. The molecule has 2 aliphatic heterocycles. The number of anilines is 2. The molecule has 0 spiro atoms. The largest absolute Gasteiger partial charge is 0.369 e. The van der Waals surface area contributed by atoms with Gasteiger partial charge in [0.15, 0.2) is 0 Å². The van der Waals surface area contributed by atoms with Crippen LogP contribution in [0.2, 0.25) is 5.02 Å². The zero-order valence-corrected chi connectivity index (χ0v) is 16.6. The van der Waals surface area contributed by atoms with Gasteiger partial charge in [0, 0.05) is 29.9 Å². The minimum absolute atomic E-state index is 0.141. The number of H-pyrrole nitrogens is 1. The van der Waals surface area contributed by atoms with E-state index in [9.17, 15) is 19.6 Å². The first-order valence-corrected chi connectivity index (χ1v) is 9.91. The third-order valence-electron chi connectivity index (χ3n) is 5.68. The van der Waals surface area contributed by atoms with E-state index in [1.807, 2.05) is 11.0 Å². The van der Waals surface area contributed by atoms with Crippen LogP contribution in [0.3, 0.4) is 0 Å². The van der Waals surface area contributed by atoms with Crippen molar-refractivity contribution in [3.8, 4) is 6.07 Å². The van der Waals surface area contributed by atoms with Crippen LogP contribution >= 0.6 is 11.6 Å². The molecule has 10 heteroatoms. The Morgan fingerprint density at radius 3 is 2.50 bits per heavy atom. The second-order valence-electron chi connectivity index (χ2n) is 7.44. The van der Waals surface area contributed by atoms with Gasteiger partial charge >= 0.3 is 0 Å². The number of nitrogens with one attached hydrogen (secondary N) is 2. The van der Waals surface area contributed by atoms with Gasteiger partial charge in [-0.3, -0.25) is 19.4 Å². The number of rotatable bonds is 3. The van der Waals surface area contributed by atoms with E-state index >= 15 is 0 Å². The molecule has 0 aliphatic carbocycles. The Hall–Kier alpha value is -3.38. The molecule has 2 atom stereocenters. The number of hydrogen-bond donors (Lipinski definition) is 3. The molecule has 0 saturated carbocycles. The molecular formula is C20H19ClN6O3. The molecule has 3 heterocycles. The lowest BCUT2D eigenvalue weighted by Crippen LogP contribution is -2.42. The summed E-state index contributed by atoms with van der Waals surface area (Å²) in [6, 6.07) is 8.69. The number of amides is 2. The summed E-state index contributed by atoms with van der Waals surface area (Å²) in [7, 11) is 0. The molecule has 0 radical (unpaired) electrons. The van der Waals surface area contributed by atoms with E-state index in [4.69, 9.17) is 17.3 Å². The highest BCUT2D eigenvalue weighted by Crippen LogP contribution is 2.38. The summed E-state index contributed by atoms with van der Waals surface area (Å²) in [5, 5.41) is 12.7. The van der Waals surface area contributed by atoms with E-state index in [2.05, 4.69) is 15.3 Å². The third-order valence-corrected chi connectivity index (χ3v) is 5.93. The molecule has 4 N–H and O–H groups in total. The van der Waals surface area contributed by atoms with Crippen molar-refractivity contribution in [1.82, 2.24) is 9.97 Å². The van der Waals surface area contributed by atoms with Gasteiger partial charge in [-0.25, -0.2) is 0 Å². The Kier molecular flexibility index (Phi) is 5.18. The highest BCUT2D eigenvalue weighted by molar-refractivity contribution is 6.30. The van der Waals surface area contributed by atoms with Gasteiger partial charge in [0.1, 0.15) is 11.7 Å². The number of nitriles is 1. The number of halogens is 1. The lowest BCUT2D eigenvalue weighted by atomic mass is 9.79. The van der Waals surface area contributed by atoms with E-state index in [0.717, 1.165) is 0 Å². The Balaban J connectivity index is 1.73. The first-order valence-electron chi connectivity index (χ1n) is 9.53. The molecule has 2 aromatic rings. The van der Waals surface area contributed by atoms with E-state index < -0.39 is 23.3 Å². The summed E-state index contributed by atoms with van der Waals surface area (Å²) in [5.74, 6) is -2.42. The number of fused-ring (bicyclic) bond motifs is 1. The topological polar surface area (TPSA) is 145 Å². The van der Waals surface area contributed by atoms with Crippen LogP contribution in [-0.2, 0) is 9.59 Å². The van der Waals surface area contributed by atoms with E-state index in [0.29, 0.717) is 42.5 Å². The summed E-state index contributed by atoms with van der Waals surface area (Å²) in [4.78, 5) is 46.1. The SMILES string of the molecule is N#CC1C(=O)Nc2nc(N3CCC(C(N)=O)CC3)[nH]c(=O)c2C1c1ccc(Cl)cc1. The molecular weight excluding hydrogens is 408 g/mol. The molecule has 2 aliphatic rings. The number of hydrogen-bond acceptors (Lipinski definition) is 6. The van der Waals surface area contributed by atoms with E-state index in [1.54, 1.807) is 24.3 Å². The van der Waals surface area contributed by atoms with Gasteiger partial charge in [-0.2, -0.15) is 10.2 Å². The molecule has 2 amide bonds. The number of benzene rings is 1. The third kappa shape index (κ3) is 3.50. The lowest BCUT2D eigenvalue weighted by Gasteiger charge is -2.33. The minimum atomic E-state index is -1.07. The molecule has 1 saturated heterocycles. The van der Waals surface area contributed by atoms with Crippen molar-refractivity contribution in [2.75, 3.05) is 23.3 Å². The number of carbonyl (C=O) groups is 2. The Bertz CT molecular complexity index is 1100. The molecule has 2 unspecified atom stereocenters. The van der Waals surface area contributed by atoms with Gasteiger partial charge in [0.2, 0.25) is 17.8 Å². The maximum atomic E-state index is 13.0. The first kappa shape index (κ1) is 19.9. The number of piperidine rings is 1. The van der Waals surface area contributed by atoms with Gasteiger partial charge < -0.3 is 16.0 Å². The van der Waals surface area contributed by atoms with Crippen LogP contribution in [0.25, 0.3) is 0 Å². The number of aromatic amines is 1. The van der Waals surface area contributed by atoms with Gasteiger partial charge in [0.05, 0.1) is 11.6 Å². The lowest BCUT2D eigenvalue weighted by molar-refractivity contribution is -0.122. The number of nitrogens with zero attached hydrogens (tertiary/aromatic N) is 3. The molecule has 1 aromatic heterocycles. The van der Waals surface area contributed by atoms with Crippen molar-refractivity contribution >= 4 is 35.2 Å². The highest BCUT2D eigenvalue weighted by atomic mass is 35.5. The fourth-order valence-electron chi connectivity index (χ4n) is 4.05. The number of nitrogens with two attached hydrogens (primary N) is 1. The van der Waals surface area contributed by atoms with Crippen LogP contribution in [0.5, 0.6) is 0 Å². The second kappa shape index (κ2) is 7.80. The number of aromatic nitrogens is 2. The maximum absolute atomic E-state index is 13.0. The van der Waals surface area contributed by atoms with Crippen molar-refractivity contribution < 1.29 is 9.59 Å². The van der Waals surface area contributed by atoms with Crippen LogP contribution in [0.15, 0.2) is 29.1 Å². The van der Waals surface area contributed by atoms with Gasteiger partial charge in [0.25, 0.3) is 5.56 Å². The van der Waals surface area contributed by atoms with Crippen LogP contribution in [-0.4, -0.2) is 34.9 Å². The summed E-state index contributed by atoms with van der Waals surface area (Å²) in [6.07, 6.45) is 1.12. The van der Waals surface area contributed by atoms with Crippen LogP contribution in [0, 0.1) is 23.2 Å². The molecule has 30 heavy (non-hydrogen) atoms. The van der Waals surface area contributed by atoms with Gasteiger partial charge in [-0.1, -0.05) is 23.7 Å². The average Bonchev–Trinajstić information content (AvgIpc) is 2.73. The highest BCUT2D eigenvalue weighted by Gasteiger charge is 2.40. The number of primary amides is 1. The normalized spacial score (nSPS) is 21.5. The molecule has 0 bridgehead atoms. The Morgan fingerprint density at radius 2 is 1.90 bits per heavy atom. The summed E-state index contributed by atoms with van der Waals surface area (Å²) < 4.78 is 0. The van der Waals surface area contributed by atoms with Crippen molar-refractivity contribution in [1.29, 1.82) is 5.26 Å². The quantitative estimate of drug-likeness (QED) is 0.675. The molecule has 1 fully saturated rings. The molecule has 154 valence electrons. The Morgan fingerprint density at radius 1 is 1.23 bits per heavy atom. The fourth-order valence-corrected chi connectivity index (χ4v) is 4.18. The Labute approximate surface area is 176 Å². The molecule has 4 rings (SSSR count). The average molecular weight is 427 g/mol. The second-order valence-corrected chi connectivity index (χ2v) is 7.88. The minimum Gasteiger partial charge on any atom is -0.369 e. The predicted molar refractivity (Wildman–Crippen MR) is 110 cm³/mol. The van der Waals surface area contributed by atoms with Gasteiger partial charge in [-0.05, 0) is 30.5 Å². The fraction of sp³-hybridized carbons (Fsp3) is 0.350. The monoisotopic (exact) mass is 426 g/mol. The van der Waals surface area contributed by atoms with Crippen molar-refractivity contribution in [3.05, 3.63) is 50.8 Å². The van der Waals surface area contributed by atoms with E-state index in [1.165, 1.54) is 0 Å². The zero-order chi connectivity index (χ0) is 21.4. The van der Waals surface area contributed by atoms with Crippen molar-refractivity contribution in [2.45, 2.75) is 18.8 Å². The van der Waals surface area contributed by atoms with Crippen LogP contribution < -0.4 is 21.5 Å².